The summed E-state index contributed by atoms with van der Waals surface area (Å²) in [7, 11) is 0. The van der Waals surface area contributed by atoms with Gasteiger partial charge in [-0.1, -0.05) is 45.7 Å². The van der Waals surface area contributed by atoms with Gasteiger partial charge < -0.3 is 5.32 Å². The Kier molecular flexibility index (Phi) is 6.96. The van der Waals surface area contributed by atoms with E-state index < -0.39 is 0 Å². The second-order valence-electron chi connectivity index (χ2n) is 5.36. The first-order valence-electron chi connectivity index (χ1n) is 7.12. The van der Waals surface area contributed by atoms with Crippen LogP contribution in [0.5, 0.6) is 0 Å². The van der Waals surface area contributed by atoms with Gasteiger partial charge in [-0.05, 0) is 43.0 Å². The first-order chi connectivity index (χ1) is 8.63. The lowest BCUT2D eigenvalue weighted by Crippen LogP contribution is -2.22. The molecule has 1 rings (SSSR count). The van der Waals surface area contributed by atoms with Gasteiger partial charge in [0, 0.05) is 6.04 Å². The van der Waals surface area contributed by atoms with E-state index in [4.69, 9.17) is 0 Å². The van der Waals surface area contributed by atoms with Crippen LogP contribution in [-0.4, -0.2) is 6.54 Å². The van der Waals surface area contributed by atoms with Gasteiger partial charge in [0.05, 0.1) is 0 Å². The summed E-state index contributed by atoms with van der Waals surface area (Å²) in [5, 5.41) is 3.56. The molecule has 0 aliphatic rings. The third-order valence-electron chi connectivity index (χ3n) is 3.28. The highest BCUT2D eigenvalue weighted by Gasteiger charge is 2.07. The van der Waals surface area contributed by atoms with Crippen molar-refractivity contribution in [3.05, 3.63) is 35.6 Å². The van der Waals surface area contributed by atoms with Crippen molar-refractivity contribution in [2.75, 3.05) is 6.54 Å². The van der Waals surface area contributed by atoms with Crippen molar-refractivity contribution in [1.82, 2.24) is 5.32 Å². The molecule has 1 unspecified atom stereocenters. The van der Waals surface area contributed by atoms with Crippen LogP contribution in [0.3, 0.4) is 0 Å². The number of halogens is 1. The fourth-order valence-corrected chi connectivity index (χ4v) is 2.15. The molecule has 1 aromatic rings. The molecule has 0 radical (unpaired) electrons. The van der Waals surface area contributed by atoms with Crippen LogP contribution in [0.2, 0.25) is 0 Å². The molecule has 0 heterocycles. The summed E-state index contributed by atoms with van der Waals surface area (Å²) in [5.41, 5.74) is 1.18. The lowest BCUT2D eigenvalue weighted by molar-refractivity contribution is 0.476. The van der Waals surface area contributed by atoms with E-state index in [9.17, 15) is 4.39 Å². The predicted octanol–water partition coefficient (Wildman–Crippen LogP) is 4.69. The van der Waals surface area contributed by atoms with Crippen molar-refractivity contribution in [2.24, 2.45) is 5.92 Å². The second-order valence-corrected chi connectivity index (χ2v) is 5.36. The number of nitrogens with one attached hydrogen (secondary N) is 1. The molecule has 0 saturated heterocycles. The molecule has 0 aliphatic heterocycles. The summed E-state index contributed by atoms with van der Waals surface area (Å²) >= 11 is 0. The molecule has 0 fully saturated rings. The molecule has 0 saturated carbocycles. The van der Waals surface area contributed by atoms with Gasteiger partial charge >= 0.3 is 0 Å². The Balaban J connectivity index is 2.31. The van der Waals surface area contributed by atoms with Crippen LogP contribution >= 0.6 is 0 Å². The molecular weight excluding hydrogens is 225 g/mol. The van der Waals surface area contributed by atoms with E-state index in [2.05, 4.69) is 26.1 Å². The standard InChI is InChI=1S/C16H26FN/c1-4-16(14-8-10-15(17)11-9-14)18-12-6-5-7-13(2)3/h8-11,13,16,18H,4-7,12H2,1-3H3. The van der Waals surface area contributed by atoms with Gasteiger partial charge in [-0.15, -0.1) is 0 Å². The van der Waals surface area contributed by atoms with Crippen molar-refractivity contribution in [3.8, 4) is 0 Å². The van der Waals surface area contributed by atoms with Gasteiger partial charge in [-0.3, -0.25) is 0 Å². The number of rotatable bonds is 8. The Morgan fingerprint density at radius 2 is 1.78 bits per heavy atom. The van der Waals surface area contributed by atoms with E-state index in [0.717, 1.165) is 18.9 Å². The largest absolute Gasteiger partial charge is 0.310 e. The lowest BCUT2D eigenvalue weighted by Gasteiger charge is -2.17. The Morgan fingerprint density at radius 3 is 2.33 bits per heavy atom. The lowest BCUT2D eigenvalue weighted by atomic mass is 10.0. The average Bonchev–Trinajstić information content (AvgIpc) is 2.35. The van der Waals surface area contributed by atoms with Crippen LogP contribution < -0.4 is 5.32 Å². The zero-order valence-electron chi connectivity index (χ0n) is 11.9. The van der Waals surface area contributed by atoms with E-state index in [0.29, 0.717) is 6.04 Å². The van der Waals surface area contributed by atoms with Crippen LogP contribution in [0.4, 0.5) is 4.39 Å². The van der Waals surface area contributed by atoms with Gasteiger partial charge in [0.2, 0.25) is 0 Å². The van der Waals surface area contributed by atoms with Gasteiger partial charge in [-0.2, -0.15) is 0 Å². The van der Waals surface area contributed by atoms with E-state index in [1.54, 1.807) is 12.1 Å². The van der Waals surface area contributed by atoms with Crippen LogP contribution in [0, 0.1) is 11.7 Å². The van der Waals surface area contributed by atoms with Gasteiger partial charge in [-0.25, -0.2) is 4.39 Å². The molecule has 0 aromatic heterocycles. The molecular formula is C16H26FN. The molecule has 1 N–H and O–H groups in total. The molecule has 1 nitrogen and oxygen atoms in total. The van der Waals surface area contributed by atoms with Gasteiger partial charge in [0.15, 0.2) is 0 Å². The van der Waals surface area contributed by atoms with Crippen LogP contribution in [0.15, 0.2) is 24.3 Å². The van der Waals surface area contributed by atoms with Crippen LogP contribution in [-0.2, 0) is 0 Å². The molecule has 2 heteroatoms. The number of benzene rings is 1. The Labute approximate surface area is 111 Å². The number of hydrogen-bond donors (Lipinski definition) is 1. The fraction of sp³-hybridized carbons (Fsp3) is 0.625. The molecule has 1 aromatic carbocycles. The third-order valence-corrected chi connectivity index (χ3v) is 3.28. The second kappa shape index (κ2) is 8.25. The molecule has 18 heavy (non-hydrogen) atoms. The highest BCUT2D eigenvalue weighted by atomic mass is 19.1. The molecule has 0 spiro atoms. The zero-order chi connectivity index (χ0) is 13.4. The van der Waals surface area contributed by atoms with Crippen molar-refractivity contribution < 1.29 is 4.39 Å². The number of hydrogen-bond acceptors (Lipinski definition) is 1. The quantitative estimate of drug-likeness (QED) is 0.661. The monoisotopic (exact) mass is 251 g/mol. The SMILES string of the molecule is CCC(NCCCCC(C)C)c1ccc(F)cc1. The van der Waals surface area contributed by atoms with Crippen LogP contribution in [0.1, 0.15) is 58.1 Å². The molecule has 0 amide bonds. The third kappa shape index (κ3) is 5.63. The van der Waals surface area contributed by atoms with Gasteiger partial charge in [0.25, 0.3) is 0 Å². The summed E-state index contributed by atoms with van der Waals surface area (Å²) < 4.78 is 12.9. The maximum atomic E-state index is 12.9. The maximum absolute atomic E-state index is 12.9. The van der Waals surface area contributed by atoms with Crippen molar-refractivity contribution in [2.45, 2.75) is 52.5 Å². The highest BCUT2D eigenvalue weighted by molar-refractivity contribution is 5.19. The average molecular weight is 251 g/mol. The molecule has 0 aliphatic carbocycles. The predicted molar refractivity (Wildman–Crippen MR) is 76.1 cm³/mol. The molecule has 0 bridgehead atoms. The molecule has 102 valence electrons. The Hall–Kier alpha value is -0.890. The summed E-state index contributed by atoms with van der Waals surface area (Å²) in [4.78, 5) is 0. The minimum Gasteiger partial charge on any atom is -0.310 e. The fourth-order valence-electron chi connectivity index (χ4n) is 2.15. The maximum Gasteiger partial charge on any atom is 0.123 e. The zero-order valence-corrected chi connectivity index (χ0v) is 11.9. The smallest absolute Gasteiger partial charge is 0.123 e. The van der Waals surface area contributed by atoms with Gasteiger partial charge in [0.1, 0.15) is 5.82 Å². The van der Waals surface area contributed by atoms with Crippen molar-refractivity contribution in [3.63, 3.8) is 0 Å². The topological polar surface area (TPSA) is 12.0 Å². The van der Waals surface area contributed by atoms with E-state index in [1.807, 2.05) is 12.1 Å². The molecule has 1 atom stereocenters. The van der Waals surface area contributed by atoms with E-state index in [1.165, 1.54) is 24.8 Å². The summed E-state index contributed by atoms with van der Waals surface area (Å²) in [5.74, 6) is 0.634. The van der Waals surface area contributed by atoms with Crippen molar-refractivity contribution >= 4 is 0 Å². The summed E-state index contributed by atoms with van der Waals surface area (Å²) in [6.45, 7) is 7.74. The first kappa shape index (κ1) is 15.2. The Bertz CT molecular complexity index is 318. The highest BCUT2D eigenvalue weighted by Crippen LogP contribution is 2.17. The van der Waals surface area contributed by atoms with Crippen molar-refractivity contribution in [1.29, 1.82) is 0 Å². The summed E-state index contributed by atoms with van der Waals surface area (Å²) in [6.07, 6.45) is 4.84. The normalized spacial score (nSPS) is 12.9. The number of unbranched alkanes of at least 4 members (excludes halogenated alkanes) is 1. The van der Waals surface area contributed by atoms with E-state index >= 15 is 0 Å². The minimum atomic E-state index is -0.162. The summed E-state index contributed by atoms with van der Waals surface area (Å²) in [6, 6.07) is 7.19. The Morgan fingerprint density at radius 1 is 1.11 bits per heavy atom. The first-order valence-corrected chi connectivity index (χ1v) is 7.12. The minimum absolute atomic E-state index is 0.162. The van der Waals surface area contributed by atoms with Crippen LogP contribution in [0.25, 0.3) is 0 Å². The van der Waals surface area contributed by atoms with E-state index in [-0.39, 0.29) is 5.82 Å².